The van der Waals surface area contributed by atoms with Gasteiger partial charge >= 0.3 is 0 Å². The lowest BCUT2D eigenvalue weighted by atomic mass is 10.1. The molecule has 0 fully saturated rings. The second-order valence-corrected chi connectivity index (χ2v) is 4.20. The van der Waals surface area contributed by atoms with Gasteiger partial charge in [0, 0.05) is 18.3 Å². The molecule has 0 aliphatic carbocycles. The number of benzene rings is 1. The molecule has 2 heterocycles. The molecule has 3 rings (SSSR count). The van der Waals surface area contributed by atoms with Crippen LogP contribution in [0.4, 0.5) is 0 Å². The molecule has 0 radical (unpaired) electrons. The molecule has 2 aromatic rings. The van der Waals surface area contributed by atoms with E-state index in [0.29, 0.717) is 11.1 Å². The number of nitrogens with one attached hydrogen (secondary N) is 1. The SMILES string of the molecule is C#C.CC.O=C1c2ccccc2C(=O)N1C/C=C/c1cn[nH]c1. The van der Waals surface area contributed by atoms with Crippen LogP contribution in [0.15, 0.2) is 42.7 Å². The number of fused-ring (bicyclic) bond motifs is 1. The summed E-state index contributed by atoms with van der Waals surface area (Å²) in [5, 5.41) is 6.50. The van der Waals surface area contributed by atoms with Crippen molar-refractivity contribution in [1.82, 2.24) is 15.1 Å². The smallest absolute Gasteiger partial charge is 0.261 e. The highest BCUT2D eigenvalue weighted by Crippen LogP contribution is 2.22. The van der Waals surface area contributed by atoms with E-state index in [4.69, 9.17) is 0 Å². The molecular formula is C18H19N3O2. The number of nitrogens with zero attached hydrogens (tertiary/aromatic N) is 2. The normalized spacial score (nSPS) is 12.3. The molecule has 1 aromatic heterocycles. The van der Waals surface area contributed by atoms with Gasteiger partial charge in [-0.05, 0) is 12.1 Å². The molecule has 0 unspecified atom stereocenters. The quantitative estimate of drug-likeness (QED) is 0.700. The first kappa shape index (κ1) is 17.9. The van der Waals surface area contributed by atoms with Crippen LogP contribution in [-0.4, -0.2) is 33.5 Å². The molecule has 118 valence electrons. The van der Waals surface area contributed by atoms with Gasteiger partial charge in [-0.2, -0.15) is 5.10 Å². The Kier molecular flexibility index (Phi) is 7.02. The van der Waals surface area contributed by atoms with Gasteiger partial charge in [-0.25, -0.2) is 0 Å². The van der Waals surface area contributed by atoms with Gasteiger partial charge in [-0.1, -0.05) is 38.1 Å². The van der Waals surface area contributed by atoms with Crippen molar-refractivity contribution in [2.24, 2.45) is 0 Å². The van der Waals surface area contributed by atoms with Crippen molar-refractivity contribution in [2.45, 2.75) is 13.8 Å². The van der Waals surface area contributed by atoms with E-state index in [9.17, 15) is 9.59 Å². The molecule has 5 heteroatoms. The third kappa shape index (κ3) is 3.95. The molecule has 0 spiro atoms. The minimum Gasteiger partial charge on any atom is -0.285 e. The number of hydrogen-bond acceptors (Lipinski definition) is 3. The Morgan fingerprint density at radius 1 is 1.13 bits per heavy atom. The number of aromatic amines is 1. The van der Waals surface area contributed by atoms with E-state index in [2.05, 4.69) is 23.0 Å². The van der Waals surface area contributed by atoms with E-state index in [1.54, 1.807) is 42.7 Å². The van der Waals surface area contributed by atoms with Gasteiger partial charge in [-0.3, -0.25) is 19.6 Å². The average Bonchev–Trinajstić information content (AvgIpc) is 3.22. The number of imide groups is 1. The van der Waals surface area contributed by atoms with E-state index < -0.39 is 0 Å². The lowest BCUT2D eigenvalue weighted by Crippen LogP contribution is -2.29. The summed E-state index contributed by atoms with van der Waals surface area (Å²) in [6, 6.07) is 6.87. The number of H-pyrrole nitrogens is 1. The third-order valence-electron chi connectivity index (χ3n) is 3.00. The molecule has 0 bridgehead atoms. The highest BCUT2D eigenvalue weighted by Gasteiger charge is 2.33. The van der Waals surface area contributed by atoms with E-state index in [-0.39, 0.29) is 18.4 Å². The van der Waals surface area contributed by atoms with Crippen molar-refractivity contribution in [3.8, 4) is 12.8 Å². The van der Waals surface area contributed by atoms with Crippen LogP contribution in [0, 0.1) is 12.8 Å². The van der Waals surface area contributed by atoms with Crippen LogP contribution >= 0.6 is 0 Å². The molecule has 1 N–H and O–H groups in total. The fraction of sp³-hybridized carbons (Fsp3) is 0.167. The highest BCUT2D eigenvalue weighted by atomic mass is 16.2. The monoisotopic (exact) mass is 309 g/mol. The second kappa shape index (κ2) is 9.00. The summed E-state index contributed by atoms with van der Waals surface area (Å²) >= 11 is 0. The first-order valence-corrected chi connectivity index (χ1v) is 7.21. The molecule has 0 saturated carbocycles. The van der Waals surface area contributed by atoms with Crippen LogP contribution in [0.3, 0.4) is 0 Å². The van der Waals surface area contributed by atoms with Crippen LogP contribution in [0.2, 0.25) is 0 Å². The summed E-state index contributed by atoms with van der Waals surface area (Å²) in [6.45, 7) is 4.26. The summed E-state index contributed by atoms with van der Waals surface area (Å²) in [5.41, 5.74) is 1.85. The van der Waals surface area contributed by atoms with Gasteiger partial charge in [-0.15, -0.1) is 12.8 Å². The molecule has 23 heavy (non-hydrogen) atoms. The maximum atomic E-state index is 12.1. The summed E-state index contributed by atoms with van der Waals surface area (Å²) in [4.78, 5) is 25.3. The molecular weight excluding hydrogens is 290 g/mol. The van der Waals surface area contributed by atoms with Crippen LogP contribution < -0.4 is 0 Å². The van der Waals surface area contributed by atoms with Crippen LogP contribution in [0.5, 0.6) is 0 Å². The maximum absolute atomic E-state index is 12.1. The highest BCUT2D eigenvalue weighted by molar-refractivity contribution is 6.21. The molecule has 1 aromatic carbocycles. The maximum Gasteiger partial charge on any atom is 0.261 e. The number of aromatic nitrogens is 2. The Morgan fingerprint density at radius 2 is 1.70 bits per heavy atom. The lowest BCUT2D eigenvalue weighted by Gasteiger charge is -2.10. The van der Waals surface area contributed by atoms with Crippen molar-refractivity contribution in [1.29, 1.82) is 0 Å². The first-order chi connectivity index (χ1) is 11.3. The first-order valence-electron chi connectivity index (χ1n) is 7.21. The van der Waals surface area contributed by atoms with E-state index in [0.717, 1.165) is 5.56 Å². The number of hydrogen-bond donors (Lipinski definition) is 1. The minimum atomic E-state index is -0.238. The molecule has 2 amide bonds. The summed E-state index contributed by atoms with van der Waals surface area (Å²) in [7, 11) is 0. The molecule has 5 nitrogen and oxygen atoms in total. The zero-order valence-electron chi connectivity index (χ0n) is 13.2. The van der Waals surface area contributed by atoms with Crippen LogP contribution in [-0.2, 0) is 0 Å². The summed E-state index contributed by atoms with van der Waals surface area (Å²) < 4.78 is 0. The van der Waals surface area contributed by atoms with E-state index >= 15 is 0 Å². The number of terminal acetylenes is 1. The van der Waals surface area contributed by atoms with Gasteiger partial charge < -0.3 is 0 Å². The largest absolute Gasteiger partial charge is 0.285 e. The van der Waals surface area contributed by atoms with Crippen molar-refractivity contribution >= 4 is 17.9 Å². The van der Waals surface area contributed by atoms with Crippen LogP contribution in [0.25, 0.3) is 6.08 Å². The predicted octanol–water partition coefficient (Wildman–Crippen LogP) is 2.99. The fourth-order valence-electron chi connectivity index (χ4n) is 2.05. The molecule has 1 aliphatic rings. The van der Waals surface area contributed by atoms with Crippen molar-refractivity contribution in [3.05, 3.63) is 59.4 Å². The van der Waals surface area contributed by atoms with Gasteiger partial charge in [0.25, 0.3) is 11.8 Å². The Hall–Kier alpha value is -3.13. The van der Waals surface area contributed by atoms with Crippen LogP contribution in [0.1, 0.15) is 40.1 Å². The van der Waals surface area contributed by atoms with Gasteiger partial charge in [0.05, 0.1) is 17.3 Å². The van der Waals surface area contributed by atoms with Gasteiger partial charge in [0.15, 0.2) is 0 Å². The Balaban J connectivity index is 0.000000615. The average molecular weight is 309 g/mol. The summed E-state index contributed by atoms with van der Waals surface area (Å²) in [5.74, 6) is -0.477. The minimum absolute atomic E-state index is 0.238. The van der Waals surface area contributed by atoms with E-state index in [1.165, 1.54) is 4.90 Å². The topological polar surface area (TPSA) is 66.1 Å². The summed E-state index contributed by atoms with van der Waals surface area (Å²) in [6.07, 6.45) is 15.0. The lowest BCUT2D eigenvalue weighted by molar-refractivity contribution is 0.0672. The number of amides is 2. The zero-order chi connectivity index (χ0) is 17.2. The fourth-order valence-corrected chi connectivity index (χ4v) is 2.05. The van der Waals surface area contributed by atoms with Crippen molar-refractivity contribution < 1.29 is 9.59 Å². The molecule has 0 saturated heterocycles. The molecule has 0 atom stereocenters. The van der Waals surface area contributed by atoms with Crippen molar-refractivity contribution in [2.75, 3.05) is 6.54 Å². The Morgan fingerprint density at radius 3 is 2.17 bits per heavy atom. The number of carbonyl (C=O) groups is 2. The zero-order valence-corrected chi connectivity index (χ0v) is 13.2. The predicted molar refractivity (Wildman–Crippen MR) is 90.7 cm³/mol. The molecule has 1 aliphatic heterocycles. The Labute approximate surface area is 136 Å². The third-order valence-corrected chi connectivity index (χ3v) is 3.00. The van der Waals surface area contributed by atoms with Gasteiger partial charge in [0.1, 0.15) is 0 Å². The second-order valence-electron chi connectivity index (χ2n) is 4.20. The van der Waals surface area contributed by atoms with Crippen molar-refractivity contribution in [3.63, 3.8) is 0 Å². The van der Waals surface area contributed by atoms with Gasteiger partial charge in [0.2, 0.25) is 0 Å². The van der Waals surface area contributed by atoms with E-state index in [1.807, 2.05) is 19.9 Å². The number of rotatable bonds is 3. The Bertz CT molecular complexity index is 665. The number of carbonyl (C=O) groups excluding carboxylic acids is 2. The standard InChI is InChI=1S/C14H11N3O2.C2H6.C2H2/c18-13-11-5-1-2-6-12(11)14(19)17(13)7-3-4-10-8-15-16-9-10;2*1-2/h1-6,8-9H,7H2,(H,15,16);1-2H3;1-2H/b4-3+;;.